The summed E-state index contributed by atoms with van der Waals surface area (Å²) in [5.74, 6) is -2.26. The largest absolute Gasteiger partial charge is 0.416 e. The number of alkyl halides is 3. The van der Waals surface area contributed by atoms with Gasteiger partial charge in [0.15, 0.2) is 0 Å². The number of carbonyl (C=O) groups is 2. The quantitative estimate of drug-likeness (QED) is 0.347. The summed E-state index contributed by atoms with van der Waals surface area (Å²) in [7, 11) is -4.25. The Morgan fingerprint density at radius 1 is 1.14 bits per heavy atom. The van der Waals surface area contributed by atoms with Gasteiger partial charge in [0.05, 0.1) is 26.8 Å². The van der Waals surface area contributed by atoms with Gasteiger partial charge in [-0.1, -0.05) is 11.6 Å². The minimum absolute atomic E-state index is 0.0830. The molecule has 0 spiro atoms. The predicted octanol–water partition coefficient (Wildman–Crippen LogP) is 4.42. The first kappa shape index (κ1) is 25.7. The number of thiophene rings is 1. The first-order valence-corrected chi connectivity index (χ1v) is 12.3. The van der Waals surface area contributed by atoms with Crippen LogP contribution in [0.4, 0.5) is 39.4 Å². The molecule has 36 heavy (non-hydrogen) atoms. The van der Waals surface area contributed by atoms with Gasteiger partial charge in [0.2, 0.25) is 6.35 Å². The van der Waals surface area contributed by atoms with E-state index in [1.807, 2.05) is 0 Å². The van der Waals surface area contributed by atoms with Crippen LogP contribution in [0.15, 0.2) is 52.7 Å². The maximum Gasteiger partial charge on any atom is 0.416 e. The van der Waals surface area contributed by atoms with E-state index < -0.39 is 57.1 Å². The zero-order valence-corrected chi connectivity index (χ0v) is 19.8. The highest BCUT2D eigenvalue weighted by molar-refractivity contribution is 7.92. The zero-order valence-electron chi connectivity index (χ0n) is 17.4. The smallest absolute Gasteiger partial charge is 0.356 e. The summed E-state index contributed by atoms with van der Waals surface area (Å²) in [4.78, 5) is 25.4. The molecule has 0 bridgehead atoms. The molecule has 4 rings (SSSR count). The van der Waals surface area contributed by atoms with Gasteiger partial charge in [-0.15, -0.1) is 11.3 Å². The molecule has 3 aromatic rings. The third kappa shape index (κ3) is 5.09. The van der Waals surface area contributed by atoms with Crippen molar-refractivity contribution in [3.05, 3.63) is 69.8 Å². The fourth-order valence-corrected chi connectivity index (χ4v) is 5.65. The minimum Gasteiger partial charge on any atom is -0.356 e. The third-order valence-corrected chi connectivity index (χ3v) is 7.88. The van der Waals surface area contributed by atoms with Crippen molar-refractivity contribution in [2.75, 3.05) is 15.5 Å². The highest BCUT2D eigenvalue weighted by Gasteiger charge is 2.37. The molecule has 0 fully saturated rings. The van der Waals surface area contributed by atoms with Crippen LogP contribution in [0, 0.1) is 5.82 Å². The molecular formula is C20H13ClF4N4O5S2. The number of nitrogens with zero attached hydrogens (tertiary/aromatic N) is 1. The van der Waals surface area contributed by atoms with E-state index in [4.69, 9.17) is 11.6 Å². The summed E-state index contributed by atoms with van der Waals surface area (Å²) < 4.78 is 80.1. The average Bonchev–Trinajstić information content (AvgIpc) is 3.21. The minimum atomic E-state index is -4.74. The number of anilines is 3. The number of fused-ring (bicyclic) bond motifs is 1. The number of amides is 3. The standard InChI is InChI=1S/C20H13ClF4N4O5S2/c21-15-5-6-16(35-15)36(33,34)28-18(31)26-10-2-4-14(12(22)8-10)29-17(30)11-7-9(20(23,24)25)1-3-13(11)27-19(29)32/h1-8,19,27,32H,(H2,26,28,31). The molecule has 0 aliphatic carbocycles. The van der Waals surface area contributed by atoms with Gasteiger partial charge in [0.1, 0.15) is 10.0 Å². The number of hydrogen-bond acceptors (Lipinski definition) is 7. The molecule has 190 valence electrons. The monoisotopic (exact) mass is 564 g/mol. The van der Waals surface area contributed by atoms with E-state index in [1.54, 1.807) is 4.72 Å². The molecule has 16 heteroatoms. The summed E-state index contributed by atoms with van der Waals surface area (Å²) in [5, 5.41) is 14.8. The first-order chi connectivity index (χ1) is 16.8. The van der Waals surface area contributed by atoms with Crippen molar-refractivity contribution in [3.63, 3.8) is 0 Å². The number of hydrogen-bond donors (Lipinski definition) is 4. The van der Waals surface area contributed by atoms with Crippen LogP contribution in [0.25, 0.3) is 0 Å². The van der Waals surface area contributed by atoms with Crippen molar-refractivity contribution in [1.82, 2.24) is 4.72 Å². The van der Waals surface area contributed by atoms with E-state index in [0.717, 1.165) is 30.3 Å². The topological polar surface area (TPSA) is 128 Å². The highest BCUT2D eigenvalue weighted by Crippen LogP contribution is 2.36. The SMILES string of the molecule is O=C(Nc1ccc(N2C(=O)c3cc(C(F)(F)F)ccc3NC2O)c(F)c1)NS(=O)(=O)c1ccc(Cl)s1. The van der Waals surface area contributed by atoms with Gasteiger partial charge >= 0.3 is 12.2 Å². The number of sulfonamides is 1. The normalized spacial score (nSPS) is 15.8. The molecule has 1 aliphatic heterocycles. The van der Waals surface area contributed by atoms with Crippen molar-refractivity contribution in [2.24, 2.45) is 0 Å². The molecule has 2 aromatic carbocycles. The van der Waals surface area contributed by atoms with E-state index in [2.05, 4.69) is 10.6 Å². The fraction of sp³-hybridized carbons (Fsp3) is 0.100. The van der Waals surface area contributed by atoms with Crippen molar-refractivity contribution < 1.29 is 40.7 Å². The first-order valence-electron chi connectivity index (χ1n) is 9.64. The van der Waals surface area contributed by atoms with Gasteiger partial charge in [-0.3, -0.25) is 9.69 Å². The van der Waals surface area contributed by atoms with Crippen LogP contribution in [0.1, 0.15) is 15.9 Å². The zero-order chi connectivity index (χ0) is 26.4. The van der Waals surface area contributed by atoms with Gasteiger partial charge in [-0.05, 0) is 48.5 Å². The van der Waals surface area contributed by atoms with Crippen LogP contribution in [-0.2, 0) is 16.2 Å². The Balaban J connectivity index is 1.54. The van der Waals surface area contributed by atoms with Crippen molar-refractivity contribution in [2.45, 2.75) is 16.7 Å². The van der Waals surface area contributed by atoms with E-state index >= 15 is 0 Å². The molecule has 0 radical (unpaired) electrons. The maximum atomic E-state index is 14.9. The summed E-state index contributed by atoms with van der Waals surface area (Å²) in [5.41, 5.74) is -2.39. The van der Waals surface area contributed by atoms with Gasteiger partial charge in [0.25, 0.3) is 15.9 Å². The number of carbonyl (C=O) groups excluding carboxylic acids is 2. The molecule has 0 saturated heterocycles. The predicted molar refractivity (Wildman–Crippen MR) is 123 cm³/mol. The van der Waals surface area contributed by atoms with Crippen LogP contribution >= 0.6 is 22.9 Å². The van der Waals surface area contributed by atoms with Crippen LogP contribution in [0.5, 0.6) is 0 Å². The Bertz CT molecular complexity index is 1480. The number of aliphatic hydroxyl groups excluding tert-OH is 1. The number of halogens is 5. The van der Waals surface area contributed by atoms with Crippen molar-refractivity contribution >= 4 is 62.0 Å². The Morgan fingerprint density at radius 3 is 2.47 bits per heavy atom. The second-order valence-corrected chi connectivity index (χ2v) is 10.9. The van der Waals surface area contributed by atoms with Crippen LogP contribution in [0.3, 0.4) is 0 Å². The molecule has 1 aliphatic rings. The third-order valence-electron chi connectivity index (χ3n) is 4.83. The molecule has 1 unspecified atom stereocenters. The van der Waals surface area contributed by atoms with Crippen molar-refractivity contribution in [3.8, 4) is 0 Å². The van der Waals surface area contributed by atoms with E-state index in [1.165, 1.54) is 12.1 Å². The van der Waals surface area contributed by atoms with Crippen LogP contribution < -0.4 is 20.3 Å². The van der Waals surface area contributed by atoms with E-state index in [-0.39, 0.29) is 19.9 Å². The summed E-state index contributed by atoms with van der Waals surface area (Å²) in [6.07, 6.45) is -6.56. The number of urea groups is 1. The van der Waals surface area contributed by atoms with Gasteiger partial charge < -0.3 is 15.7 Å². The molecule has 1 atom stereocenters. The number of aliphatic hydroxyl groups is 1. The van der Waals surface area contributed by atoms with E-state index in [9.17, 15) is 40.7 Å². The maximum absolute atomic E-state index is 14.9. The highest BCUT2D eigenvalue weighted by atomic mass is 35.5. The lowest BCUT2D eigenvalue weighted by Gasteiger charge is -2.34. The van der Waals surface area contributed by atoms with Crippen LogP contribution in [-0.4, -0.2) is 31.8 Å². The lowest BCUT2D eigenvalue weighted by Crippen LogP contribution is -2.49. The lowest BCUT2D eigenvalue weighted by atomic mass is 10.0. The summed E-state index contributed by atoms with van der Waals surface area (Å²) in [6.45, 7) is 0. The van der Waals surface area contributed by atoms with E-state index in [0.29, 0.717) is 22.3 Å². The molecule has 4 N–H and O–H groups in total. The molecule has 2 heterocycles. The molecular weight excluding hydrogens is 552 g/mol. The summed E-state index contributed by atoms with van der Waals surface area (Å²) >= 11 is 6.40. The summed E-state index contributed by atoms with van der Waals surface area (Å²) in [6, 6.07) is 6.33. The second kappa shape index (κ2) is 9.24. The Kier molecular flexibility index (Phi) is 6.59. The second-order valence-electron chi connectivity index (χ2n) is 7.24. The average molecular weight is 565 g/mol. The molecule has 3 amide bonds. The number of nitrogens with one attached hydrogen (secondary N) is 3. The Labute approximate surface area is 209 Å². The number of benzene rings is 2. The molecule has 0 saturated carbocycles. The molecule has 9 nitrogen and oxygen atoms in total. The fourth-order valence-electron chi connectivity index (χ4n) is 3.26. The lowest BCUT2D eigenvalue weighted by molar-refractivity contribution is -0.137. The van der Waals surface area contributed by atoms with Gasteiger partial charge in [-0.2, -0.15) is 13.2 Å². The van der Waals surface area contributed by atoms with Crippen molar-refractivity contribution in [1.29, 1.82) is 0 Å². The Hall–Kier alpha value is -3.40. The number of rotatable bonds is 4. The van der Waals surface area contributed by atoms with Gasteiger partial charge in [0, 0.05) is 5.69 Å². The van der Waals surface area contributed by atoms with Gasteiger partial charge in [-0.25, -0.2) is 22.3 Å². The Morgan fingerprint density at radius 2 is 1.86 bits per heavy atom. The van der Waals surface area contributed by atoms with Crippen LogP contribution in [0.2, 0.25) is 4.34 Å². The molecule has 1 aromatic heterocycles.